The second kappa shape index (κ2) is 14.5. The van der Waals surface area contributed by atoms with Crippen molar-refractivity contribution in [3.63, 3.8) is 0 Å². The van der Waals surface area contributed by atoms with Crippen molar-refractivity contribution in [1.29, 1.82) is 0 Å². The molecule has 2 heterocycles. The van der Waals surface area contributed by atoms with Crippen LogP contribution in [0.15, 0.2) is 24.3 Å². The van der Waals surface area contributed by atoms with Gasteiger partial charge in [-0.25, -0.2) is 0 Å². The van der Waals surface area contributed by atoms with Crippen LogP contribution in [0, 0.1) is 5.41 Å². The number of esters is 1. The van der Waals surface area contributed by atoms with E-state index in [0.717, 1.165) is 18.5 Å². The Morgan fingerprint density at radius 2 is 1.82 bits per heavy atom. The molecule has 0 saturated carbocycles. The molecule has 2 aliphatic rings. The summed E-state index contributed by atoms with van der Waals surface area (Å²) >= 11 is 0. The maximum Gasteiger partial charge on any atom is 0.314 e. The second-order valence-corrected chi connectivity index (χ2v) is 8.19. The molecule has 0 fully saturated rings. The molecule has 0 aromatic heterocycles. The van der Waals surface area contributed by atoms with Gasteiger partial charge in [0.2, 0.25) is 5.91 Å². The fourth-order valence-electron chi connectivity index (χ4n) is 3.66. The lowest BCUT2D eigenvalue weighted by Gasteiger charge is -2.32. The minimum absolute atomic E-state index is 0.0561. The summed E-state index contributed by atoms with van der Waals surface area (Å²) in [6, 6.07) is 7.27. The number of carbonyl (C=O) groups is 3. The van der Waals surface area contributed by atoms with Gasteiger partial charge >= 0.3 is 5.97 Å². The van der Waals surface area contributed by atoms with E-state index in [1.807, 2.05) is 12.1 Å². The molecule has 3 N–H and O–H groups in total. The Hall–Kier alpha value is -2.65. The number of nitrogens with one attached hydrogen (secondary N) is 3. The zero-order chi connectivity index (χ0) is 23.9. The minimum Gasteiger partial charge on any atom is -0.484 e. The smallest absolute Gasteiger partial charge is 0.314 e. The first-order chi connectivity index (χ1) is 16.0. The number of hydrogen-bond donors (Lipinski definition) is 3. The second-order valence-electron chi connectivity index (χ2n) is 8.19. The van der Waals surface area contributed by atoms with E-state index in [4.69, 9.17) is 14.2 Å². The van der Waals surface area contributed by atoms with E-state index in [9.17, 15) is 14.4 Å². The number of methoxy groups -OCH3 is 1. The lowest BCUT2D eigenvalue weighted by atomic mass is 9.78. The highest BCUT2D eigenvalue weighted by Gasteiger charge is 2.40. The molecule has 2 bridgehead atoms. The van der Waals surface area contributed by atoms with Gasteiger partial charge in [0.05, 0.1) is 12.0 Å². The number of benzene rings is 1. The molecule has 3 rings (SSSR count). The fourth-order valence-corrected chi connectivity index (χ4v) is 3.66. The first-order valence-corrected chi connectivity index (χ1v) is 11.6. The minimum atomic E-state index is -0.955. The predicted molar refractivity (Wildman–Crippen MR) is 124 cm³/mol. The molecule has 1 unspecified atom stereocenters. The predicted octanol–water partition coefficient (Wildman–Crippen LogP) is 1.20. The Morgan fingerprint density at radius 1 is 1.06 bits per heavy atom. The third-order valence-corrected chi connectivity index (χ3v) is 5.56. The first kappa shape index (κ1) is 26.6. The van der Waals surface area contributed by atoms with Gasteiger partial charge < -0.3 is 30.2 Å². The summed E-state index contributed by atoms with van der Waals surface area (Å²) in [5.74, 6) is -0.0700. The summed E-state index contributed by atoms with van der Waals surface area (Å²) < 4.78 is 16.2. The van der Waals surface area contributed by atoms with E-state index < -0.39 is 5.41 Å². The van der Waals surface area contributed by atoms with Gasteiger partial charge in [0.1, 0.15) is 5.75 Å². The molecular weight excluding hydrogens is 426 g/mol. The zero-order valence-corrected chi connectivity index (χ0v) is 19.7. The largest absolute Gasteiger partial charge is 0.484 e. The summed E-state index contributed by atoms with van der Waals surface area (Å²) in [6.45, 7) is 4.49. The van der Waals surface area contributed by atoms with Crippen molar-refractivity contribution in [2.45, 2.75) is 39.0 Å². The van der Waals surface area contributed by atoms with Crippen LogP contribution in [0.5, 0.6) is 5.75 Å². The van der Waals surface area contributed by atoms with Gasteiger partial charge in [-0.3, -0.25) is 14.4 Å². The maximum absolute atomic E-state index is 13.1. The van der Waals surface area contributed by atoms with Crippen LogP contribution < -0.4 is 20.7 Å². The lowest BCUT2D eigenvalue weighted by Crippen LogP contribution is -2.46. The van der Waals surface area contributed by atoms with E-state index >= 15 is 0 Å². The van der Waals surface area contributed by atoms with Gasteiger partial charge in [-0.05, 0) is 63.4 Å². The lowest BCUT2D eigenvalue weighted by molar-refractivity contribution is -0.156. The summed E-state index contributed by atoms with van der Waals surface area (Å²) in [5, 5.41) is 9.04. The summed E-state index contributed by atoms with van der Waals surface area (Å²) in [6.07, 6.45) is 2.60. The van der Waals surface area contributed by atoms with Gasteiger partial charge in [-0.2, -0.15) is 0 Å². The molecule has 1 atom stereocenters. The van der Waals surface area contributed by atoms with Crippen molar-refractivity contribution in [2.75, 3.05) is 53.1 Å². The van der Waals surface area contributed by atoms with E-state index in [2.05, 4.69) is 16.0 Å². The molecule has 184 valence electrons. The van der Waals surface area contributed by atoms with Crippen molar-refractivity contribution in [3.8, 4) is 5.75 Å². The van der Waals surface area contributed by atoms with Crippen LogP contribution in [0.25, 0.3) is 0 Å². The summed E-state index contributed by atoms with van der Waals surface area (Å²) in [5.41, 5.74) is -0.0629. The Bertz CT molecular complexity index is 755. The third kappa shape index (κ3) is 9.39. The van der Waals surface area contributed by atoms with Gasteiger partial charge in [-0.1, -0.05) is 12.1 Å². The summed E-state index contributed by atoms with van der Waals surface area (Å²) in [4.78, 5) is 37.5. The third-order valence-electron chi connectivity index (χ3n) is 5.56. The van der Waals surface area contributed by atoms with E-state index in [1.165, 1.54) is 0 Å². The Balaban J connectivity index is 2.23. The molecule has 9 heteroatoms. The molecule has 1 aromatic rings. The van der Waals surface area contributed by atoms with Crippen LogP contribution in [0.1, 0.15) is 38.2 Å². The Labute approximate surface area is 195 Å². The van der Waals surface area contributed by atoms with E-state index in [0.29, 0.717) is 51.1 Å². The quantitative estimate of drug-likeness (QED) is 0.562. The first-order valence-electron chi connectivity index (χ1n) is 11.6. The molecule has 0 saturated heterocycles. The highest BCUT2D eigenvalue weighted by molar-refractivity contribution is 5.80. The molecule has 2 amide bonds. The number of carbonyl (C=O) groups excluding carboxylic acids is 3. The van der Waals surface area contributed by atoms with Crippen LogP contribution in [0.3, 0.4) is 0 Å². The van der Waals surface area contributed by atoms with Gasteiger partial charge in [0.15, 0.2) is 6.61 Å². The van der Waals surface area contributed by atoms with Gasteiger partial charge in [0, 0.05) is 33.2 Å². The van der Waals surface area contributed by atoms with Gasteiger partial charge in [-0.15, -0.1) is 0 Å². The fraction of sp³-hybridized carbons (Fsp3) is 0.625. The summed E-state index contributed by atoms with van der Waals surface area (Å²) in [7, 11) is 1.58. The number of ether oxygens (including phenoxy) is 3. The average molecular weight is 464 g/mol. The molecule has 33 heavy (non-hydrogen) atoms. The molecule has 1 aromatic carbocycles. The average Bonchev–Trinajstić information content (AvgIpc) is 2.81. The normalized spacial score (nSPS) is 21.4. The monoisotopic (exact) mass is 463 g/mol. The zero-order valence-electron chi connectivity index (χ0n) is 19.7. The van der Waals surface area contributed by atoms with Crippen molar-refractivity contribution < 1.29 is 28.6 Å². The topological polar surface area (TPSA) is 115 Å². The van der Waals surface area contributed by atoms with E-state index in [-0.39, 0.29) is 37.5 Å². The SMILES string of the molecule is CCOC(=O)C1(CCOC)CNC(=O)CCCNCCCNC(=O)COc2ccc(cc2)C1. The van der Waals surface area contributed by atoms with Crippen LogP contribution in [0.2, 0.25) is 0 Å². The van der Waals surface area contributed by atoms with Crippen molar-refractivity contribution >= 4 is 17.8 Å². The molecular formula is C24H37N3O6. The Morgan fingerprint density at radius 3 is 2.55 bits per heavy atom. The Kier molecular flexibility index (Phi) is 11.7. The van der Waals surface area contributed by atoms with Crippen LogP contribution in [-0.2, 0) is 30.3 Å². The highest BCUT2D eigenvalue weighted by atomic mass is 16.5. The maximum atomic E-state index is 13.1. The molecule has 0 radical (unpaired) electrons. The van der Waals surface area contributed by atoms with Crippen LogP contribution in [0.4, 0.5) is 0 Å². The highest BCUT2D eigenvalue weighted by Crippen LogP contribution is 2.30. The molecule has 9 nitrogen and oxygen atoms in total. The van der Waals surface area contributed by atoms with Crippen molar-refractivity contribution in [3.05, 3.63) is 29.8 Å². The molecule has 2 aliphatic heterocycles. The number of hydrogen-bond acceptors (Lipinski definition) is 7. The standard InChI is InChI=1S/C24H37N3O6/c1-3-32-23(30)24(11-15-31-2)16-19-7-9-20(10-8-19)33-17-22(29)26-14-5-13-25-12-4-6-21(28)27-18-24/h7-10,25H,3-6,11-18H2,1-2H3,(H,26,29)(H,27,28). The van der Waals surface area contributed by atoms with Crippen LogP contribution in [-0.4, -0.2) is 70.9 Å². The molecule has 0 aliphatic carbocycles. The molecule has 0 spiro atoms. The number of rotatable bonds is 5. The van der Waals surface area contributed by atoms with Crippen molar-refractivity contribution in [1.82, 2.24) is 16.0 Å². The van der Waals surface area contributed by atoms with E-state index in [1.54, 1.807) is 26.2 Å². The van der Waals surface area contributed by atoms with Gasteiger partial charge in [0.25, 0.3) is 5.91 Å². The number of amides is 2. The van der Waals surface area contributed by atoms with Crippen LogP contribution >= 0.6 is 0 Å². The van der Waals surface area contributed by atoms with Crippen molar-refractivity contribution in [2.24, 2.45) is 5.41 Å². The number of fused-ring (bicyclic) bond motifs is 17.